The second-order valence-electron chi connectivity index (χ2n) is 9.65. The molecule has 0 fully saturated rings. The maximum absolute atomic E-state index is 13.9. The van der Waals surface area contributed by atoms with Gasteiger partial charge < -0.3 is 18.9 Å². The third kappa shape index (κ3) is 5.88. The molecule has 0 bridgehead atoms. The van der Waals surface area contributed by atoms with Gasteiger partial charge in [-0.25, -0.2) is 0 Å². The number of benzene rings is 1. The van der Waals surface area contributed by atoms with Gasteiger partial charge in [0.05, 0.1) is 19.1 Å². The highest BCUT2D eigenvalue weighted by molar-refractivity contribution is 6.02. The van der Waals surface area contributed by atoms with Gasteiger partial charge in [0.25, 0.3) is 11.8 Å². The Morgan fingerprint density at radius 1 is 1.16 bits per heavy atom. The van der Waals surface area contributed by atoms with E-state index in [2.05, 4.69) is 20.7 Å². The molecule has 3 heterocycles. The van der Waals surface area contributed by atoms with Crippen LogP contribution in [0.1, 0.15) is 43.9 Å². The molecule has 4 rings (SSSR count). The topological polar surface area (TPSA) is 129 Å². The minimum atomic E-state index is -1.13. The molecule has 0 saturated carbocycles. The lowest BCUT2D eigenvalue weighted by Crippen LogP contribution is -2.50. The van der Waals surface area contributed by atoms with Gasteiger partial charge in [-0.1, -0.05) is 6.07 Å². The Balaban J connectivity index is 1.77. The highest BCUT2D eigenvalue weighted by Gasteiger charge is 2.38. The van der Waals surface area contributed by atoms with Gasteiger partial charge in [0, 0.05) is 5.54 Å². The SMILES string of the molecule is COc1ccc(C)cc1N(C(=O)Cn1nnc(-c2ccc(C)o2)n1)[C@@H](C(=O)NC(C)(C)C)c1ccco1. The van der Waals surface area contributed by atoms with E-state index >= 15 is 0 Å². The number of amides is 2. The van der Waals surface area contributed by atoms with Gasteiger partial charge in [-0.15, -0.1) is 10.2 Å². The van der Waals surface area contributed by atoms with Crippen molar-refractivity contribution in [1.82, 2.24) is 25.5 Å². The number of aryl methyl sites for hydroxylation is 2. The van der Waals surface area contributed by atoms with Crippen LogP contribution in [0.2, 0.25) is 0 Å². The number of hydrogen-bond acceptors (Lipinski definition) is 8. The minimum absolute atomic E-state index is 0.244. The Morgan fingerprint density at radius 2 is 1.95 bits per heavy atom. The summed E-state index contributed by atoms with van der Waals surface area (Å²) in [5.41, 5.74) is 0.717. The number of tetrazole rings is 1. The third-order valence-electron chi connectivity index (χ3n) is 5.37. The fourth-order valence-corrected chi connectivity index (χ4v) is 3.82. The number of hydrogen-bond donors (Lipinski definition) is 1. The number of nitrogens with zero attached hydrogens (tertiary/aromatic N) is 5. The first-order chi connectivity index (χ1) is 17.6. The van der Waals surface area contributed by atoms with Gasteiger partial charge in [-0.05, 0) is 81.8 Å². The first-order valence-corrected chi connectivity index (χ1v) is 11.7. The summed E-state index contributed by atoms with van der Waals surface area (Å²) in [6.45, 7) is 8.98. The summed E-state index contributed by atoms with van der Waals surface area (Å²) in [5.74, 6) is 1.19. The number of carbonyl (C=O) groups is 2. The second kappa shape index (κ2) is 10.3. The number of anilines is 1. The third-order valence-corrected chi connectivity index (χ3v) is 5.37. The number of carbonyl (C=O) groups excluding carboxylic acids is 2. The maximum atomic E-state index is 13.9. The number of aromatic nitrogens is 4. The molecule has 2 amide bonds. The lowest BCUT2D eigenvalue weighted by Gasteiger charge is -2.33. The highest BCUT2D eigenvalue weighted by Crippen LogP contribution is 2.36. The Morgan fingerprint density at radius 3 is 2.57 bits per heavy atom. The summed E-state index contributed by atoms with van der Waals surface area (Å²) in [7, 11) is 1.50. The van der Waals surface area contributed by atoms with Crippen LogP contribution in [-0.4, -0.2) is 44.7 Å². The molecule has 0 spiro atoms. The van der Waals surface area contributed by atoms with Gasteiger partial charge in [0.2, 0.25) is 5.82 Å². The molecule has 0 unspecified atom stereocenters. The van der Waals surface area contributed by atoms with E-state index in [0.717, 1.165) is 10.4 Å². The lowest BCUT2D eigenvalue weighted by molar-refractivity contribution is -0.128. The zero-order chi connectivity index (χ0) is 26.7. The predicted molar refractivity (Wildman–Crippen MR) is 135 cm³/mol. The minimum Gasteiger partial charge on any atom is -0.495 e. The first-order valence-electron chi connectivity index (χ1n) is 11.7. The first kappa shape index (κ1) is 25.7. The summed E-state index contributed by atoms with van der Waals surface area (Å²) in [4.78, 5) is 30.1. The van der Waals surface area contributed by atoms with Crippen molar-refractivity contribution in [2.24, 2.45) is 0 Å². The van der Waals surface area contributed by atoms with E-state index in [-0.39, 0.29) is 18.1 Å². The highest BCUT2D eigenvalue weighted by atomic mass is 16.5. The van der Waals surface area contributed by atoms with Crippen LogP contribution in [0.5, 0.6) is 5.75 Å². The average molecular weight is 507 g/mol. The van der Waals surface area contributed by atoms with Crippen molar-refractivity contribution in [3.8, 4) is 17.3 Å². The van der Waals surface area contributed by atoms with E-state index in [1.54, 1.807) is 36.4 Å². The van der Waals surface area contributed by atoms with E-state index in [9.17, 15) is 9.59 Å². The molecule has 3 aromatic heterocycles. The fraction of sp³-hybridized carbons (Fsp3) is 0.346. The predicted octanol–water partition coefficient (Wildman–Crippen LogP) is 3.84. The number of methoxy groups -OCH3 is 1. The zero-order valence-electron chi connectivity index (χ0n) is 21.7. The van der Waals surface area contributed by atoms with Gasteiger partial charge in [0.15, 0.2) is 11.8 Å². The maximum Gasteiger partial charge on any atom is 0.251 e. The second-order valence-corrected chi connectivity index (χ2v) is 9.65. The Hall–Kier alpha value is -4.41. The van der Waals surface area contributed by atoms with Crippen LogP contribution in [0.15, 0.2) is 57.6 Å². The van der Waals surface area contributed by atoms with Crippen LogP contribution in [-0.2, 0) is 16.1 Å². The van der Waals surface area contributed by atoms with Crippen LogP contribution in [0, 0.1) is 13.8 Å². The monoisotopic (exact) mass is 506 g/mol. The number of rotatable bonds is 8. The summed E-state index contributed by atoms with van der Waals surface area (Å²) in [6, 6.07) is 11.1. The summed E-state index contributed by atoms with van der Waals surface area (Å²) in [6.07, 6.45) is 1.46. The molecule has 37 heavy (non-hydrogen) atoms. The number of ether oxygens (including phenoxy) is 1. The fourth-order valence-electron chi connectivity index (χ4n) is 3.82. The number of furan rings is 2. The molecule has 0 aliphatic heterocycles. The van der Waals surface area contributed by atoms with Crippen molar-refractivity contribution in [3.05, 3.63) is 65.8 Å². The Bertz CT molecular complexity index is 1380. The summed E-state index contributed by atoms with van der Waals surface area (Å²) in [5, 5.41) is 15.3. The van der Waals surface area contributed by atoms with Crippen LogP contribution in [0.4, 0.5) is 5.69 Å². The van der Waals surface area contributed by atoms with E-state index in [1.165, 1.54) is 18.3 Å². The molecule has 0 radical (unpaired) electrons. The van der Waals surface area contributed by atoms with Gasteiger partial charge in [-0.2, -0.15) is 4.80 Å². The summed E-state index contributed by atoms with van der Waals surface area (Å²) >= 11 is 0. The van der Waals surface area contributed by atoms with Crippen molar-refractivity contribution >= 4 is 17.5 Å². The zero-order valence-corrected chi connectivity index (χ0v) is 21.7. The molecule has 4 aromatic rings. The van der Waals surface area contributed by atoms with Gasteiger partial charge in [0.1, 0.15) is 23.8 Å². The van der Waals surface area contributed by atoms with Crippen molar-refractivity contribution in [3.63, 3.8) is 0 Å². The van der Waals surface area contributed by atoms with Crippen molar-refractivity contribution in [2.45, 2.75) is 52.7 Å². The molecule has 0 aliphatic carbocycles. The van der Waals surface area contributed by atoms with Crippen LogP contribution >= 0.6 is 0 Å². The molecule has 0 saturated heterocycles. The molecule has 0 aliphatic rings. The van der Waals surface area contributed by atoms with Crippen molar-refractivity contribution in [1.29, 1.82) is 0 Å². The smallest absolute Gasteiger partial charge is 0.251 e. The lowest BCUT2D eigenvalue weighted by atomic mass is 10.0. The van der Waals surface area contributed by atoms with Crippen molar-refractivity contribution in [2.75, 3.05) is 12.0 Å². The van der Waals surface area contributed by atoms with Crippen molar-refractivity contribution < 1.29 is 23.2 Å². The van der Waals surface area contributed by atoms with E-state index in [0.29, 0.717) is 23.0 Å². The molecule has 11 nitrogen and oxygen atoms in total. The van der Waals surface area contributed by atoms with E-state index in [4.69, 9.17) is 13.6 Å². The van der Waals surface area contributed by atoms with Gasteiger partial charge in [-0.3, -0.25) is 14.5 Å². The van der Waals surface area contributed by atoms with Crippen LogP contribution in [0.3, 0.4) is 0 Å². The molecule has 1 N–H and O–H groups in total. The normalized spacial score (nSPS) is 12.3. The Labute approximate surface area is 214 Å². The molecular formula is C26H30N6O5. The van der Waals surface area contributed by atoms with Gasteiger partial charge >= 0.3 is 0 Å². The molecular weight excluding hydrogens is 476 g/mol. The van der Waals surface area contributed by atoms with E-state index in [1.807, 2.05) is 40.7 Å². The molecule has 194 valence electrons. The Kier molecular flexibility index (Phi) is 7.14. The molecule has 1 aromatic carbocycles. The number of nitrogens with one attached hydrogen (secondary N) is 1. The van der Waals surface area contributed by atoms with Crippen LogP contribution in [0.25, 0.3) is 11.6 Å². The average Bonchev–Trinajstić information content (AvgIpc) is 3.58. The molecule has 11 heteroatoms. The van der Waals surface area contributed by atoms with E-state index < -0.39 is 23.4 Å². The molecule has 1 atom stereocenters. The summed E-state index contributed by atoms with van der Waals surface area (Å²) < 4.78 is 16.8. The van der Waals surface area contributed by atoms with Crippen LogP contribution < -0.4 is 15.0 Å². The largest absolute Gasteiger partial charge is 0.495 e. The quantitative estimate of drug-likeness (QED) is 0.382. The standard InChI is InChI=1S/C26H30N6O5/c1-16-9-11-19(35-6)18(14-16)32(23(20-8-7-13-36-20)25(34)27-26(3,4)5)22(33)15-31-29-24(28-30-31)21-12-10-17(2)37-21/h7-14,23H,15H2,1-6H3,(H,27,34)/t23-/m1/s1.